The minimum absolute atomic E-state index is 0.205. The average Bonchev–Trinajstić information content (AvgIpc) is 3.40. The number of carboxylic acid groups (broad SMARTS) is 1. The number of alkyl halides is 3. The fourth-order valence-electron chi connectivity index (χ4n) is 4.59. The number of primary amides is 1. The van der Waals surface area contributed by atoms with E-state index in [1.165, 1.54) is 16.7 Å². The second-order valence-electron chi connectivity index (χ2n) is 10.8. The van der Waals surface area contributed by atoms with Crippen LogP contribution in [0.4, 0.5) is 19.0 Å². The van der Waals surface area contributed by atoms with Gasteiger partial charge in [-0.2, -0.15) is 13.2 Å². The standard InChI is InChI=1S/C30H36N6O4S.C2HF3O2/c1-19(2)16-36-23(29(38)35(18-26(31)37)17-20-9-7-6-8-10-20)14-22-27(33-30(41-5)34-28(22)36)32-15-21-11-12-24(39-3)25(13-21)40-4;3-2(4,5)1(6)7/h6-14,19H,15-18H2,1-5H3,(H2,31,37)(H,32,33,34);(H,6,7). The number of benzene rings is 2. The van der Waals surface area contributed by atoms with Crippen LogP contribution in [0.5, 0.6) is 11.5 Å². The van der Waals surface area contributed by atoms with Gasteiger partial charge >= 0.3 is 12.1 Å². The van der Waals surface area contributed by atoms with Crippen LogP contribution in [0.25, 0.3) is 11.0 Å². The first-order chi connectivity index (χ1) is 22.7. The summed E-state index contributed by atoms with van der Waals surface area (Å²) in [5.41, 5.74) is 8.50. The molecule has 0 saturated carbocycles. The first-order valence-electron chi connectivity index (χ1n) is 14.5. The van der Waals surface area contributed by atoms with Crippen LogP contribution in [0.2, 0.25) is 0 Å². The molecule has 4 rings (SSSR count). The van der Waals surface area contributed by atoms with Gasteiger partial charge < -0.3 is 35.1 Å². The monoisotopic (exact) mass is 690 g/mol. The third kappa shape index (κ3) is 10.0. The number of ether oxygens (including phenoxy) is 2. The third-order valence-corrected chi connectivity index (χ3v) is 7.23. The normalized spacial score (nSPS) is 11.1. The number of thioether (sulfide) groups is 1. The second-order valence-corrected chi connectivity index (χ2v) is 11.6. The lowest BCUT2D eigenvalue weighted by Crippen LogP contribution is -2.39. The number of rotatable bonds is 13. The van der Waals surface area contributed by atoms with Crippen LogP contribution in [0.3, 0.4) is 0 Å². The molecule has 2 heterocycles. The Morgan fingerprint density at radius 1 is 1.02 bits per heavy atom. The SMILES string of the molecule is COc1ccc(CNc2nc(SC)nc3c2cc(C(=O)N(CC(N)=O)Cc2ccccc2)n3CC(C)C)cc1OC.O=C(O)C(F)(F)F. The number of nitrogens with two attached hydrogens (primary N) is 1. The first-order valence-corrected chi connectivity index (χ1v) is 15.7. The molecular weight excluding hydrogens is 653 g/mol. The minimum Gasteiger partial charge on any atom is -0.493 e. The van der Waals surface area contributed by atoms with Crippen molar-refractivity contribution in [2.24, 2.45) is 11.7 Å². The number of aromatic nitrogens is 3. The van der Waals surface area contributed by atoms with Gasteiger partial charge in [0.25, 0.3) is 5.91 Å². The topological polar surface area (TPSA) is 162 Å². The number of hydrogen-bond acceptors (Lipinski definition) is 9. The Morgan fingerprint density at radius 2 is 1.67 bits per heavy atom. The predicted octanol–water partition coefficient (Wildman–Crippen LogP) is 5.20. The van der Waals surface area contributed by atoms with Crippen molar-refractivity contribution in [3.8, 4) is 11.5 Å². The quantitative estimate of drug-likeness (QED) is 0.126. The molecule has 2 aromatic heterocycles. The van der Waals surface area contributed by atoms with Crippen LogP contribution in [0.1, 0.15) is 35.5 Å². The maximum absolute atomic E-state index is 14.0. The van der Waals surface area contributed by atoms with Crippen molar-refractivity contribution in [1.82, 2.24) is 19.4 Å². The molecule has 0 aliphatic rings. The molecule has 2 amide bonds. The molecule has 0 fully saturated rings. The van der Waals surface area contributed by atoms with Crippen molar-refractivity contribution in [2.45, 2.75) is 44.8 Å². The van der Waals surface area contributed by atoms with E-state index in [0.717, 1.165) is 11.1 Å². The van der Waals surface area contributed by atoms with Gasteiger partial charge in [0.05, 0.1) is 19.6 Å². The van der Waals surface area contributed by atoms with Gasteiger partial charge in [-0.1, -0.05) is 62.0 Å². The minimum atomic E-state index is -5.08. The molecule has 258 valence electrons. The number of carbonyl (C=O) groups is 3. The molecule has 12 nitrogen and oxygen atoms in total. The van der Waals surface area contributed by atoms with Crippen LogP contribution in [-0.2, 0) is 29.2 Å². The number of nitrogens with zero attached hydrogens (tertiary/aromatic N) is 4. The van der Waals surface area contributed by atoms with E-state index >= 15 is 0 Å². The van der Waals surface area contributed by atoms with Crippen molar-refractivity contribution >= 4 is 46.4 Å². The van der Waals surface area contributed by atoms with E-state index in [1.54, 1.807) is 20.3 Å². The van der Waals surface area contributed by atoms with Gasteiger partial charge in [-0.25, -0.2) is 14.8 Å². The van der Waals surface area contributed by atoms with E-state index in [1.807, 2.05) is 59.4 Å². The summed E-state index contributed by atoms with van der Waals surface area (Å²) in [5.74, 6) is -1.52. The number of amides is 2. The summed E-state index contributed by atoms with van der Waals surface area (Å²) in [7, 11) is 3.20. The number of carbonyl (C=O) groups excluding carboxylic acids is 2. The van der Waals surface area contributed by atoms with Gasteiger partial charge in [-0.15, -0.1) is 0 Å². The molecule has 0 aliphatic carbocycles. The van der Waals surface area contributed by atoms with Crippen LogP contribution in [0, 0.1) is 5.92 Å². The third-order valence-electron chi connectivity index (χ3n) is 6.68. The molecule has 48 heavy (non-hydrogen) atoms. The van der Waals surface area contributed by atoms with Gasteiger partial charge in [-0.05, 0) is 41.5 Å². The van der Waals surface area contributed by atoms with Crippen molar-refractivity contribution in [2.75, 3.05) is 32.3 Å². The Kier molecular flexibility index (Phi) is 13.0. The molecule has 0 atom stereocenters. The fourth-order valence-corrected chi connectivity index (χ4v) is 4.95. The molecule has 0 spiro atoms. The Balaban J connectivity index is 0.000000804. The molecule has 4 N–H and O–H groups in total. The molecule has 4 aromatic rings. The summed E-state index contributed by atoms with van der Waals surface area (Å²) >= 11 is 1.42. The fraction of sp³-hybridized carbons (Fsp3) is 0.344. The maximum Gasteiger partial charge on any atom is 0.490 e. The Morgan fingerprint density at radius 3 is 2.21 bits per heavy atom. The lowest BCUT2D eigenvalue weighted by atomic mass is 10.2. The zero-order valence-corrected chi connectivity index (χ0v) is 27.8. The highest BCUT2D eigenvalue weighted by molar-refractivity contribution is 7.98. The number of anilines is 1. The number of halogens is 3. The van der Waals surface area contributed by atoms with Crippen molar-refractivity contribution in [3.63, 3.8) is 0 Å². The number of hydrogen-bond donors (Lipinski definition) is 3. The second kappa shape index (κ2) is 16.7. The maximum atomic E-state index is 14.0. The van der Waals surface area contributed by atoms with Gasteiger partial charge in [0, 0.05) is 19.6 Å². The number of fused-ring (bicyclic) bond motifs is 1. The van der Waals surface area contributed by atoms with Crippen LogP contribution in [0.15, 0.2) is 59.8 Å². The number of aliphatic carboxylic acids is 1. The molecular formula is C32H37F3N6O6S. The van der Waals surface area contributed by atoms with E-state index < -0.39 is 18.1 Å². The van der Waals surface area contributed by atoms with Crippen LogP contribution < -0.4 is 20.5 Å². The summed E-state index contributed by atoms with van der Waals surface area (Å²) in [4.78, 5) is 45.9. The lowest BCUT2D eigenvalue weighted by molar-refractivity contribution is -0.192. The number of carboxylic acids is 1. The highest BCUT2D eigenvalue weighted by Gasteiger charge is 2.38. The highest BCUT2D eigenvalue weighted by atomic mass is 32.2. The molecule has 0 radical (unpaired) electrons. The lowest BCUT2D eigenvalue weighted by Gasteiger charge is -2.22. The largest absolute Gasteiger partial charge is 0.493 e. The summed E-state index contributed by atoms with van der Waals surface area (Å²) in [6.07, 6.45) is -3.17. The predicted molar refractivity (Wildman–Crippen MR) is 175 cm³/mol. The Hall–Kier alpha value is -4.99. The van der Waals surface area contributed by atoms with Crippen molar-refractivity contribution in [3.05, 3.63) is 71.4 Å². The smallest absolute Gasteiger partial charge is 0.490 e. The molecule has 0 saturated heterocycles. The van der Waals surface area contributed by atoms with Crippen molar-refractivity contribution in [1.29, 1.82) is 0 Å². The molecule has 0 aliphatic heterocycles. The van der Waals surface area contributed by atoms with Gasteiger partial charge in [0.15, 0.2) is 16.7 Å². The van der Waals surface area contributed by atoms with Gasteiger partial charge in [0.1, 0.15) is 23.7 Å². The molecule has 0 unspecified atom stereocenters. The first kappa shape index (κ1) is 37.5. The summed E-state index contributed by atoms with van der Waals surface area (Å²) < 4.78 is 44.5. The summed E-state index contributed by atoms with van der Waals surface area (Å²) in [5, 5.41) is 11.8. The Bertz CT molecular complexity index is 1730. The van der Waals surface area contributed by atoms with Crippen LogP contribution >= 0.6 is 11.8 Å². The summed E-state index contributed by atoms with van der Waals surface area (Å²) in [6.45, 7) is 5.22. The number of nitrogens with one attached hydrogen (secondary N) is 1. The number of methoxy groups -OCH3 is 2. The molecule has 2 aromatic carbocycles. The Labute approximate surface area is 279 Å². The van der Waals surface area contributed by atoms with Crippen LogP contribution in [-0.4, -0.2) is 75.5 Å². The van der Waals surface area contributed by atoms with Gasteiger partial charge in [0.2, 0.25) is 5.91 Å². The molecule has 16 heteroatoms. The summed E-state index contributed by atoms with van der Waals surface area (Å²) in [6, 6.07) is 17.0. The zero-order chi connectivity index (χ0) is 35.6. The van der Waals surface area contributed by atoms with Gasteiger partial charge in [-0.3, -0.25) is 9.59 Å². The van der Waals surface area contributed by atoms with E-state index in [-0.39, 0.29) is 24.9 Å². The zero-order valence-electron chi connectivity index (χ0n) is 27.0. The van der Waals surface area contributed by atoms with Crippen molar-refractivity contribution < 1.29 is 42.1 Å². The average molecular weight is 691 g/mol. The molecule has 0 bridgehead atoms. The van der Waals surface area contributed by atoms with E-state index in [2.05, 4.69) is 19.2 Å². The highest BCUT2D eigenvalue weighted by Crippen LogP contribution is 2.31. The van der Waals surface area contributed by atoms with E-state index in [9.17, 15) is 22.8 Å². The van der Waals surface area contributed by atoms with E-state index in [4.69, 9.17) is 35.1 Å². The van der Waals surface area contributed by atoms with E-state index in [0.29, 0.717) is 52.3 Å².